The molecular weight excluding hydrogens is 214 g/mol. The molecule has 2 unspecified atom stereocenters. The Morgan fingerprint density at radius 2 is 2.12 bits per heavy atom. The van der Waals surface area contributed by atoms with Crippen molar-refractivity contribution in [2.45, 2.75) is 39.0 Å². The lowest BCUT2D eigenvalue weighted by Gasteiger charge is -2.40. The summed E-state index contributed by atoms with van der Waals surface area (Å²) in [6.07, 6.45) is -0.456. The number of aliphatic hydroxyl groups is 1. The van der Waals surface area contributed by atoms with Gasteiger partial charge in [0.05, 0.1) is 6.04 Å². The van der Waals surface area contributed by atoms with Gasteiger partial charge in [-0.15, -0.1) is 0 Å². The molecule has 0 amide bonds. The minimum atomic E-state index is -0.456. The lowest BCUT2D eigenvalue weighted by atomic mass is 9.97. The van der Waals surface area contributed by atoms with E-state index in [9.17, 15) is 5.11 Å². The van der Waals surface area contributed by atoms with E-state index in [1.165, 1.54) is 0 Å². The molecule has 2 rings (SSSR count). The summed E-state index contributed by atoms with van der Waals surface area (Å²) in [7, 11) is 0. The number of nitrogens with zero attached hydrogens (tertiary/aromatic N) is 1. The van der Waals surface area contributed by atoms with Crippen molar-refractivity contribution in [3.63, 3.8) is 0 Å². The minimum absolute atomic E-state index is 0.0508. The maximum Gasteiger partial charge on any atom is 0.125 e. The first-order valence-electron chi connectivity index (χ1n) is 6.30. The molecule has 3 heteroatoms. The number of hydrogen-bond acceptors (Lipinski definition) is 3. The highest BCUT2D eigenvalue weighted by Gasteiger charge is 2.33. The molecular formula is C14H21NO2. The number of aliphatic hydroxyl groups excluding tert-OH is 1. The Bertz CT molecular complexity index is 378. The van der Waals surface area contributed by atoms with Crippen molar-refractivity contribution in [2.24, 2.45) is 0 Å². The zero-order valence-corrected chi connectivity index (χ0v) is 10.8. The highest BCUT2D eigenvalue weighted by Crippen LogP contribution is 2.34. The molecule has 1 aliphatic heterocycles. The summed E-state index contributed by atoms with van der Waals surface area (Å²) in [5.74, 6) is 0.816. The Hall–Kier alpha value is -1.06. The fourth-order valence-corrected chi connectivity index (χ4v) is 2.59. The summed E-state index contributed by atoms with van der Waals surface area (Å²) in [6, 6.07) is 8.20. The molecule has 1 aromatic carbocycles. The fourth-order valence-electron chi connectivity index (χ4n) is 2.59. The molecule has 0 spiro atoms. The van der Waals surface area contributed by atoms with Crippen LogP contribution in [-0.2, 0) is 0 Å². The largest absolute Gasteiger partial charge is 0.491 e. The molecule has 1 aliphatic rings. The SMILES string of the molecule is CCN(C(C)C)C1COc2ccccc2C1O. The third kappa shape index (κ3) is 2.31. The average molecular weight is 235 g/mol. The number of hydrogen-bond donors (Lipinski definition) is 1. The predicted octanol–water partition coefficient (Wildman–Crippen LogP) is 2.21. The van der Waals surface area contributed by atoms with Gasteiger partial charge in [0.2, 0.25) is 0 Å². The Morgan fingerprint density at radius 3 is 2.76 bits per heavy atom. The van der Waals surface area contributed by atoms with E-state index < -0.39 is 6.10 Å². The first kappa shape index (κ1) is 12.4. The van der Waals surface area contributed by atoms with E-state index in [0.29, 0.717) is 12.6 Å². The van der Waals surface area contributed by atoms with Crippen LogP contribution in [0.15, 0.2) is 24.3 Å². The maximum atomic E-state index is 10.4. The highest BCUT2D eigenvalue weighted by atomic mass is 16.5. The second kappa shape index (κ2) is 5.07. The molecule has 0 saturated heterocycles. The fraction of sp³-hybridized carbons (Fsp3) is 0.571. The van der Waals surface area contributed by atoms with Crippen LogP contribution in [0.4, 0.5) is 0 Å². The third-order valence-corrected chi connectivity index (χ3v) is 3.47. The van der Waals surface area contributed by atoms with Crippen LogP contribution in [0.1, 0.15) is 32.4 Å². The predicted molar refractivity (Wildman–Crippen MR) is 68.2 cm³/mol. The average Bonchev–Trinajstić information content (AvgIpc) is 2.33. The second-order valence-electron chi connectivity index (χ2n) is 4.79. The summed E-state index contributed by atoms with van der Waals surface area (Å²) in [5, 5.41) is 10.4. The summed E-state index contributed by atoms with van der Waals surface area (Å²) in [5.41, 5.74) is 0.905. The zero-order chi connectivity index (χ0) is 12.4. The van der Waals surface area contributed by atoms with E-state index >= 15 is 0 Å². The molecule has 0 fully saturated rings. The molecule has 0 aromatic heterocycles. The topological polar surface area (TPSA) is 32.7 Å². The van der Waals surface area contributed by atoms with Gasteiger partial charge in [0.15, 0.2) is 0 Å². The zero-order valence-electron chi connectivity index (χ0n) is 10.8. The van der Waals surface area contributed by atoms with Crippen molar-refractivity contribution in [3.8, 4) is 5.75 Å². The van der Waals surface area contributed by atoms with Crippen LogP contribution in [0.25, 0.3) is 0 Å². The molecule has 1 aromatic rings. The Labute approximate surface area is 103 Å². The van der Waals surface area contributed by atoms with Gasteiger partial charge in [-0.1, -0.05) is 25.1 Å². The van der Waals surface area contributed by atoms with Crippen molar-refractivity contribution in [1.82, 2.24) is 4.90 Å². The molecule has 17 heavy (non-hydrogen) atoms. The Kier molecular flexibility index (Phi) is 3.69. The van der Waals surface area contributed by atoms with E-state index in [4.69, 9.17) is 4.74 Å². The quantitative estimate of drug-likeness (QED) is 0.872. The summed E-state index contributed by atoms with van der Waals surface area (Å²) in [4.78, 5) is 2.28. The van der Waals surface area contributed by atoms with E-state index in [0.717, 1.165) is 17.9 Å². The standard InChI is InChI=1S/C14H21NO2/c1-4-15(10(2)3)12-9-17-13-8-6-5-7-11(13)14(12)16/h5-8,10,12,14,16H,4,9H2,1-3H3. The van der Waals surface area contributed by atoms with Crippen molar-refractivity contribution in [1.29, 1.82) is 0 Å². The van der Waals surface area contributed by atoms with Gasteiger partial charge in [-0.2, -0.15) is 0 Å². The van der Waals surface area contributed by atoms with Crippen molar-refractivity contribution < 1.29 is 9.84 Å². The van der Waals surface area contributed by atoms with Crippen LogP contribution >= 0.6 is 0 Å². The number of rotatable bonds is 3. The van der Waals surface area contributed by atoms with Crippen LogP contribution in [0, 0.1) is 0 Å². The van der Waals surface area contributed by atoms with Gasteiger partial charge in [0.1, 0.15) is 18.5 Å². The molecule has 94 valence electrons. The van der Waals surface area contributed by atoms with Gasteiger partial charge in [-0.05, 0) is 26.5 Å². The highest BCUT2D eigenvalue weighted by molar-refractivity contribution is 5.37. The number of fused-ring (bicyclic) bond motifs is 1. The van der Waals surface area contributed by atoms with Crippen molar-refractivity contribution in [2.75, 3.05) is 13.2 Å². The van der Waals surface area contributed by atoms with Crippen LogP contribution in [0.2, 0.25) is 0 Å². The lowest BCUT2D eigenvalue weighted by Crippen LogP contribution is -2.48. The molecule has 3 nitrogen and oxygen atoms in total. The Balaban J connectivity index is 2.24. The molecule has 1 heterocycles. The number of likely N-dealkylation sites (N-methyl/N-ethyl adjacent to an activating group) is 1. The van der Waals surface area contributed by atoms with Gasteiger partial charge in [-0.3, -0.25) is 4.90 Å². The first-order valence-corrected chi connectivity index (χ1v) is 6.30. The molecule has 0 bridgehead atoms. The molecule has 0 aliphatic carbocycles. The monoisotopic (exact) mass is 235 g/mol. The molecule has 0 radical (unpaired) electrons. The van der Waals surface area contributed by atoms with Crippen LogP contribution < -0.4 is 4.74 Å². The molecule has 2 atom stereocenters. The van der Waals surface area contributed by atoms with E-state index in [2.05, 4.69) is 25.7 Å². The second-order valence-corrected chi connectivity index (χ2v) is 4.79. The minimum Gasteiger partial charge on any atom is -0.491 e. The van der Waals surface area contributed by atoms with Gasteiger partial charge in [0, 0.05) is 11.6 Å². The van der Waals surface area contributed by atoms with Crippen LogP contribution in [0.5, 0.6) is 5.75 Å². The first-order chi connectivity index (χ1) is 8.15. The molecule has 0 saturated carbocycles. The van der Waals surface area contributed by atoms with Gasteiger partial charge in [-0.25, -0.2) is 0 Å². The van der Waals surface area contributed by atoms with Gasteiger partial charge >= 0.3 is 0 Å². The van der Waals surface area contributed by atoms with Crippen molar-refractivity contribution >= 4 is 0 Å². The number of ether oxygens (including phenoxy) is 1. The smallest absolute Gasteiger partial charge is 0.125 e. The van der Waals surface area contributed by atoms with Crippen LogP contribution in [-0.4, -0.2) is 35.2 Å². The molecule has 1 N–H and O–H groups in total. The normalized spacial score (nSPS) is 23.6. The number of para-hydroxylation sites is 1. The van der Waals surface area contributed by atoms with Gasteiger partial charge in [0.25, 0.3) is 0 Å². The summed E-state index contributed by atoms with van der Waals surface area (Å²) in [6.45, 7) is 7.90. The van der Waals surface area contributed by atoms with E-state index in [1.54, 1.807) is 0 Å². The summed E-state index contributed by atoms with van der Waals surface area (Å²) >= 11 is 0. The summed E-state index contributed by atoms with van der Waals surface area (Å²) < 4.78 is 5.74. The van der Waals surface area contributed by atoms with E-state index in [1.807, 2.05) is 24.3 Å². The Morgan fingerprint density at radius 1 is 1.41 bits per heavy atom. The number of benzene rings is 1. The third-order valence-electron chi connectivity index (χ3n) is 3.47. The maximum absolute atomic E-state index is 10.4. The lowest BCUT2D eigenvalue weighted by molar-refractivity contribution is -0.00791. The van der Waals surface area contributed by atoms with Crippen molar-refractivity contribution in [3.05, 3.63) is 29.8 Å². The van der Waals surface area contributed by atoms with Crippen LogP contribution in [0.3, 0.4) is 0 Å². The van der Waals surface area contributed by atoms with E-state index in [-0.39, 0.29) is 6.04 Å². The van der Waals surface area contributed by atoms with Gasteiger partial charge < -0.3 is 9.84 Å².